The van der Waals surface area contributed by atoms with Gasteiger partial charge in [0.2, 0.25) is 5.78 Å². The van der Waals surface area contributed by atoms with E-state index < -0.39 is 35.2 Å². The Kier molecular flexibility index (Phi) is 5.63. The molecular formula is C26H15BrF3NO5. The van der Waals surface area contributed by atoms with E-state index in [9.17, 15) is 33.0 Å². The third-order valence-electron chi connectivity index (χ3n) is 5.84. The molecule has 0 aliphatic carbocycles. The first-order chi connectivity index (χ1) is 17.0. The SMILES string of the molecule is O=C(C1=C(O)C(=O)N(c2ccc(C(F)(F)F)cc2)C1c1ccc(O)cc1)c1cc2cc(Br)ccc2o1. The lowest BCUT2D eigenvalue weighted by Gasteiger charge is -2.27. The fourth-order valence-electron chi connectivity index (χ4n) is 4.15. The fraction of sp³-hybridized carbons (Fsp3) is 0.0769. The molecule has 2 heterocycles. The Bertz CT molecular complexity index is 1540. The molecule has 182 valence electrons. The summed E-state index contributed by atoms with van der Waals surface area (Å²) in [6, 6.07) is 14.8. The molecule has 1 amide bonds. The minimum atomic E-state index is -4.58. The standard InChI is InChI=1S/C26H15BrF3NO5/c27-16-5-10-19-14(11-16)12-20(36-19)23(33)21-22(13-1-8-18(32)9-2-13)31(25(35)24(21)34)17-6-3-15(4-7-17)26(28,29)30/h1-12,22,32,34H. The Balaban J connectivity index is 1.63. The van der Waals surface area contributed by atoms with E-state index in [0.29, 0.717) is 16.5 Å². The van der Waals surface area contributed by atoms with Crippen LogP contribution in [-0.2, 0) is 11.0 Å². The third kappa shape index (κ3) is 4.03. The summed E-state index contributed by atoms with van der Waals surface area (Å²) in [7, 11) is 0. The van der Waals surface area contributed by atoms with Crippen LogP contribution in [0.15, 0.2) is 93.0 Å². The van der Waals surface area contributed by atoms with Gasteiger partial charge in [-0.1, -0.05) is 28.1 Å². The molecule has 0 bridgehead atoms. The van der Waals surface area contributed by atoms with E-state index in [-0.39, 0.29) is 22.8 Å². The maximum atomic E-state index is 13.6. The zero-order valence-corrected chi connectivity index (χ0v) is 19.7. The zero-order chi connectivity index (χ0) is 25.8. The first-order valence-corrected chi connectivity index (χ1v) is 11.3. The molecule has 4 aromatic rings. The van der Waals surface area contributed by atoms with Crippen molar-refractivity contribution in [2.45, 2.75) is 12.2 Å². The zero-order valence-electron chi connectivity index (χ0n) is 18.1. The average molecular weight is 558 g/mol. The Morgan fingerprint density at radius 2 is 1.61 bits per heavy atom. The number of anilines is 1. The van der Waals surface area contributed by atoms with Crippen LogP contribution in [-0.4, -0.2) is 21.9 Å². The van der Waals surface area contributed by atoms with Crippen molar-refractivity contribution in [2.24, 2.45) is 0 Å². The highest BCUT2D eigenvalue weighted by molar-refractivity contribution is 9.10. The van der Waals surface area contributed by atoms with E-state index >= 15 is 0 Å². The molecule has 1 aliphatic heterocycles. The molecule has 1 unspecified atom stereocenters. The number of aromatic hydroxyl groups is 1. The van der Waals surface area contributed by atoms with E-state index in [2.05, 4.69) is 15.9 Å². The molecule has 6 nitrogen and oxygen atoms in total. The van der Waals surface area contributed by atoms with Gasteiger partial charge in [-0.3, -0.25) is 14.5 Å². The number of rotatable bonds is 4. The number of hydrogen-bond acceptors (Lipinski definition) is 5. The number of carbonyl (C=O) groups is 2. The van der Waals surface area contributed by atoms with Crippen molar-refractivity contribution in [1.82, 2.24) is 0 Å². The summed E-state index contributed by atoms with van der Waals surface area (Å²) in [6.07, 6.45) is -4.58. The van der Waals surface area contributed by atoms with Crippen LogP contribution < -0.4 is 4.90 Å². The number of nitrogens with zero attached hydrogens (tertiary/aromatic N) is 1. The van der Waals surface area contributed by atoms with E-state index in [1.54, 1.807) is 18.2 Å². The van der Waals surface area contributed by atoms with Crippen LogP contribution in [0.4, 0.5) is 18.9 Å². The summed E-state index contributed by atoms with van der Waals surface area (Å²) in [5.41, 5.74) is -0.433. The highest BCUT2D eigenvalue weighted by Gasteiger charge is 2.45. The van der Waals surface area contributed by atoms with Gasteiger partial charge in [0.05, 0.1) is 17.2 Å². The predicted molar refractivity (Wildman–Crippen MR) is 128 cm³/mol. The molecule has 0 spiro atoms. The van der Waals surface area contributed by atoms with Gasteiger partial charge in [-0.05, 0) is 66.2 Å². The first kappa shape index (κ1) is 23.7. The Morgan fingerprint density at radius 1 is 0.944 bits per heavy atom. The molecule has 36 heavy (non-hydrogen) atoms. The van der Waals surface area contributed by atoms with E-state index in [0.717, 1.165) is 33.6 Å². The number of halogens is 4. The molecule has 10 heteroatoms. The van der Waals surface area contributed by atoms with E-state index in [4.69, 9.17) is 4.42 Å². The number of ketones is 1. The number of alkyl halides is 3. The highest BCUT2D eigenvalue weighted by atomic mass is 79.9. The van der Waals surface area contributed by atoms with Gasteiger partial charge in [0, 0.05) is 15.5 Å². The van der Waals surface area contributed by atoms with Gasteiger partial charge < -0.3 is 14.6 Å². The van der Waals surface area contributed by atoms with Crippen LogP contribution in [0.3, 0.4) is 0 Å². The number of phenols is 1. The van der Waals surface area contributed by atoms with Crippen molar-refractivity contribution in [3.05, 3.63) is 105 Å². The second kappa shape index (κ2) is 8.56. The minimum Gasteiger partial charge on any atom is -0.508 e. The van der Waals surface area contributed by atoms with Crippen LogP contribution in [0, 0.1) is 0 Å². The van der Waals surface area contributed by atoms with Crippen LogP contribution in [0.1, 0.15) is 27.7 Å². The fourth-order valence-corrected chi connectivity index (χ4v) is 4.52. The topological polar surface area (TPSA) is 91.0 Å². The van der Waals surface area contributed by atoms with Gasteiger partial charge in [0.1, 0.15) is 11.3 Å². The number of Topliss-reactive ketones (excluding diaryl/α,β-unsaturated/α-hetero) is 1. The van der Waals surface area contributed by atoms with Crippen LogP contribution in [0.25, 0.3) is 11.0 Å². The van der Waals surface area contributed by atoms with E-state index in [1.807, 2.05) is 0 Å². The Hall–Kier alpha value is -4.05. The van der Waals surface area contributed by atoms with Crippen LogP contribution in [0.5, 0.6) is 5.75 Å². The number of aliphatic hydroxyl groups is 1. The first-order valence-electron chi connectivity index (χ1n) is 10.5. The number of benzene rings is 3. The number of furan rings is 1. The van der Waals surface area contributed by atoms with Crippen molar-refractivity contribution < 1.29 is 37.4 Å². The highest BCUT2D eigenvalue weighted by Crippen LogP contribution is 2.43. The van der Waals surface area contributed by atoms with Gasteiger partial charge in [-0.25, -0.2) is 0 Å². The largest absolute Gasteiger partial charge is 0.508 e. The Labute approximate surface area is 210 Å². The number of hydrogen-bond donors (Lipinski definition) is 2. The molecule has 1 aliphatic rings. The smallest absolute Gasteiger partial charge is 0.416 e. The van der Waals surface area contributed by atoms with Gasteiger partial charge in [-0.15, -0.1) is 0 Å². The predicted octanol–water partition coefficient (Wildman–Crippen LogP) is 6.70. The summed E-state index contributed by atoms with van der Waals surface area (Å²) in [5.74, 6) is -2.78. The van der Waals surface area contributed by atoms with Gasteiger partial charge in [0.25, 0.3) is 5.91 Å². The number of aliphatic hydroxyl groups excluding tert-OH is 1. The summed E-state index contributed by atoms with van der Waals surface area (Å²) < 4.78 is 45.6. The second-order valence-corrected chi connectivity index (χ2v) is 9.01. The van der Waals surface area contributed by atoms with Gasteiger partial charge in [-0.2, -0.15) is 13.2 Å². The van der Waals surface area contributed by atoms with Crippen LogP contribution >= 0.6 is 15.9 Å². The molecule has 0 fully saturated rings. The number of fused-ring (bicyclic) bond motifs is 1. The normalized spacial score (nSPS) is 16.3. The van der Waals surface area contributed by atoms with Crippen molar-refractivity contribution in [3.63, 3.8) is 0 Å². The van der Waals surface area contributed by atoms with Gasteiger partial charge >= 0.3 is 6.18 Å². The maximum absolute atomic E-state index is 13.6. The average Bonchev–Trinajstić information content (AvgIpc) is 3.37. The summed E-state index contributed by atoms with van der Waals surface area (Å²) in [6.45, 7) is 0. The Morgan fingerprint density at radius 3 is 2.25 bits per heavy atom. The monoisotopic (exact) mass is 557 g/mol. The third-order valence-corrected chi connectivity index (χ3v) is 6.33. The summed E-state index contributed by atoms with van der Waals surface area (Å²) in [5, 5.41) is 21.1. The van der Waals surface area contributed by atoms with Crippen molar-refractivity contribution >= 4 is 44.3 Å². The molecule has 0 saturated carbocycles. The summed E-state index contributed by atoms with van der Waals surface area (Å²) >= 11 is 3.34. The van der Waals surface area contributed by atoms with Crippen LogP contribution in [0.2, 0.25) is 0 Å². The quantitative estimate of drug-likeness (QED) is 0.272. The van der Waals surface area contributed by atoms with Crippen molar-refractivity contribution in [2.75, 3.05) is 4.90 Å². The minimum absolute atomic E-state index is 0.0361. The second-order valence-electron chi connectivity index (χ2n) is 8.10. The molecule has 2 N–H and O–H groups in total. The molecule has 0 radical (unpaired) electrons. The lowest BCUT2D eigenvalue weighted by molar-refractivity contribution is -0.137. The number of carbonyl (C=O) groups excluding carboxylic acids is 2. The van der Waals surface area contributed by atoms with E-state index in [1.165, 1.54) is 30.3 Å². The molecule has 3 aromatic carbocycles. The van der Waals surface area contributed by atoms with Crippen molar-refractivity contribution in [3.8, 4) is 5.75 Å². The molecule has 0 saturated heterocycles. The molecule has 5 rings (SSSR count). The lowest BCUT2D eigenvalue weighted by atomic mass is 9.94. The number of phenolic OH excluding ortho intramolecular Hbond substituents is 1. The number of amides is 1. The summed E-state index contributed by atoms with van der Waals surface area (Å²) in [4.78, 5) is 27.8. The molecule has 1 atom stereocenters. The lowest BCUT2D eigenvalue weighted by Crippen LogP contribution is -2.31. The molecule has 1 aromatic heterocycles. The molecular weight excluding hydrogens is 543 g/mol. The van der Waals surface area contributed by atoms with Gasteiger partial charge in [0.15, 0.2) is 11.5 Å². The maximum Gasteiger partial charge on any atom is 0.416 e. The van der Waals surface area contributed by atoms with Crippen molar-refractivity contribution in [1.29, 1.82) is 0 Å².